The van der Waals surface area contributed by atoms with Gasteiger partial charge in [-0.15, -0.1) is 0 Å². The molecule has 3 amide bonds. The van der Waals surface area contributed by atoms with Crippen molar-refractivity contribution in [2.24, 2.45) is 0 Å². The van der Waals surface area contributed by atoms with Crippen molar-refractivity contribution in [2.45, 2.75) is 31.8 Å². The van der Waals surface area contributed by atoms with Crippen molar-refractivity contribution in [2.75, 3.05) is 20.1 Å². The van der Waals surface area contributed by atoms with Gasteiger partial charge in [0.2, 0.25) is 10.0 Å². The molecule has 1 atom stereocenters. The molecule has 9 nitrogen and oxygen atoms in total. The number of carbonyl (C=O) groups excluding carboxylic acids is 3. The fraction of sp³-hybridized carbons (Fsp3) is 0.438. The van der Waals surface area contributed by atoms with E-state index in [0.29, 0.717) is 0 Å². The first-order chi connectivity index (χ1) is 12.6. The lowest BCUT2D eigenvalue weighted by Gasteiger charge is -2.19. The van der Waals surface area contributed by atoms with Gasteiger partial charge in [0.1, 0.15) is 5.82 Å². The minimum atomic E-state index is -3.91. The third-order valence-corrected chi connectivity index (χ3v) is 5.66. The predicted molar refractivity (Wildman–Crippen MR) is 94.0 cm³/mol. The fourth-order valence-electron chi connectivity index (χ4n) is 2.09. The molecule has 0 saturated carbocycles. The van der Waals surface area contributed by atoms with Gasteiger partial charge in [0.05, 0.1) is 10.5 Å². The van der Waals surface area contributed by atoms with Gasteiger partial charge in [-0.3, -0.25) is 10.1 Å². The van der Waals surface area contributed by atoms with E-state index in [0.717, 1.165) is 22.5 Å². The van der Waals surface area contributed by atoms with Gasteiger partial charge in [-0.25, -0.2) is 22.4 Å². The van der Waals surface area contributed by atoms with Crippen LogP contribution in [0.3, 0.4) is 0 Å². The number of nitrogens with one attached hydrogen (secondary N) is 2. The van der Waals surface area contributed by atoms with Crippen LogP contribution >= 0.6 is 0 Å². The molecule has 0 heterocycles. The van der Waals surface area contributed by atoms with Crippen molar-refractivity contribution < 1.29 is 31.9 Å². The molecule has 0 radical (unpaired) electrons. The van der Waals surface area contributed by atoms with Gasteiger partial charge in [-0.2, -0.15) is 4.31 Å². The number of sulfonamides is 1. The standard InChI is InChI=1S/C16H22FN3O6S/c1-5-20(6-2)27(24,25)11-7-8-13(17)12(9-11)15(22)26-10(3)14(21)19-16(23)18-4/h7-10H,5-6H2,1-4H3,(H2,18,19,21,23)/t10-/m1/s1. The molecular formula is C16H22FN3O6S. The third-order valence-electron chi connectivity index (χ3n) is 3.62. The number of esters is 1. The smallest absolute Gasteiger partial charge is 0.341 e. The van der Waals surface area contributed by atoms with Crippen LogP contribution < -0.4 is 10.6 Å². The fourth-order valence-corrected chi connectivity index (χ4v) is 3.57. The summed E-state index contributed by atoms with van der Waals surface area (Å²) in [6.45, 7) is 4.88. The Hall–Kier alpha value is -2.53. The second kappa shape index (κ2) is 9.42. The van der Waals surface area contributed by atoms with Crippen LogP contribution in [-0.4, -0.2) is 56.9 Å². The highest BCUT2D eigenvalue weighted by Crippen LogP contribution is 2.20. The molecule has 0 fully saturated rings. The van der Waals surface area contributed by atoms with Gasteiger partial charge in [0.25, 0.3) is 5.91 Å². The molecule has 0 unspecified atom stereocenters. The quantitative estimate of drug-likeness (QED) is 0.651. The van der Waals surface area contributed by atoms with Gasteiger partial charge >= 0.3 is 12.0 Å². The lowest BCUT2D eigenvalue weighted by atomic mass is 10.2. The van der Waals surface area contributed by atoms with Crippen LogP contribution in [0, 0.1) is 5.82 Å². The van der Waals surface area contributed by atoms with E-state index >= 15 is 0 Å². The van der Waals surface area contributed by atoms with Gasteiger partial charge in [-0.05, 0) is 25.1 Å². The van der Waals surface area contributed by atoms with E-state index in [9.17, 15) is 27.2 Å². The van der Waals surface area contributed by atoms with Gasteiger partial charge in [0, 0.05) is 20.1 Å². The average Bonchev–Trinajstić information content (AvgIpc) is 2.62. The zero-order valence-corrected chi connectivity index (χ0v) is 16.2. The normalized spacial score (nSPS) is 12.4. The molecule has 27 heavy (non-hydrogen) atoms. The van der Waals surface area contributed by atoms with E-state index in [4.69, 9.17) is 4.74 Å². The molecule has 0 aliphatic heterocycles. The van der Waals surface area contributed by atoms with E-state index in [1.807, 2.05) is 5.32 Å². The van der Waals surface area contributed by atoms with E-state index in [1.54, 1.807) is 13.8 Å². The number of urea groups is 1. The van der Waals surface area contributed by atoms with Crippen LogP contribution in [0.2, 0.25) is 0 Å². The minimum Gasteiger partial charge on any atom is -0.449 e. The largest absolute Gasteiger partial charge is 0.449 e. The highest BCUT2D eigenvalue weighted by atomic mass is 32.2. The number of hydrogen-bond donors (Lipinski definition) is 2. The lowest BCUT2D eigenvalue weighted by Crippen LogP contribution is -2.43. The molecule has 150 valence electrons. The number of ether oxygens (including phenoxy) is 1. The van der Waals surface area contributed by atoms with E-state index in [1.165, 1.54) is 14.0 Å². The number of carbonyl (C=O) groups is 3. The van der Waals surface area contributed by atoms with Gasteiger partial charge < -0.3 is 10.1 Å². The molecule has 2 N–H and O–H groups in total. The van der Waals surface area contributed by atoms with Crippen LogP contribution in [0.5, 0.6) is 0 Å². The van der Waals surface area contributed by atoms with Crippen molar-refractivity contribution in [3.63, 3.8) is 0 Å². The first-order valence-electron chi connectivity index (χ1n) is 8.11. The molecular weight excluding hydrogens is 381 g/mol. The summed E-state index contributed by atoms with van der Waals surface area (Å²) in [5, 5.41) is 4.05. The molecule has 1 rings (SSSR count). The Morgan fingerprint density at radius 1 is 1.22 bits per heavy atom. The van der Waals surface area contributed by atoms with Gasteiger partial charge in [0.15, 0.2) is 6.10 Å². The maximum atomic E-state index is 14.0. The lowest BCUT2D eigenvalue weighted by molar-refractivity contribution is -0.127. The van der Waals surface area contributed by atoms with Crippen LogP contribution in [-0.2, 0) is 19.6 Å². The van der Waals surface area contributed by atoms with Crippen molar-refractivity contribution in [1.29, 1.82) is 0 Å². The van der Waals surface area contributed by atoms with Crippen molar-refractivity contribution in [3.05, 3.63) is 29.6 Å². The Balaban J connectivity index is 3.08. The van der Waals surface area contributed by atoms with Crippen LogP contribution in [0.4, 0.5) is 9.18 Å². The Labute approximate surface area is 156 Å². The topological polar surface area (TPSA) is 122 Å². The second-order valence-corrected chi connectivity index (χ2v) is 7.28. The third kappa shape index (κ3) is 5.47. The van der Waals surface area contributed by atoms with E-state index < -0.39 is 45.4 Å². The Bertz CT molecular complexity index is 823. The molecule has 0 aromatic heterocycles. The molecule has 0 aliphatic rings. The van der Waals surface area contributed by atoms with Crippen molar-refractivity contribution >= 4 is 27.9 Å². The summed E-state index contributed by atoms with van der Waals surface area (Å²) in [5.41, 5.74) is -0.636. The summed E-state index contributed by atoms with van der Waals surface area (Å²) in [6.07, 6.45) is -1.41. The zero-order chi connectivity index (χ0) is 20.8. The molecule has 0 spiro atoms. The van der Waals surface area contributed by atoms with Crippen LogP contribution in [0.1, 0.15) is 31.1 Å². The molecule has 1 aromatic rings. The van der Waals surface area contributed by atoms with Crippen molar-refractivity contribution in [3.8, 4) is 0 Å². The highest BCUT2D eigenvalue weighted by Gasteiger charge is 2.26. The molecule has 11 heteroatoms. The Morgan fingerprint density at radius 2 is 1.81 bits per heavy atom. The number of hydrogen-bond acceptors (Lipinski definition) is 6. The number of halogens is 1. The minimum absolute atomic E-state index is 0.201. The maximum Gasteiger partial charge on any atom is 0.341 e. The van der Waals surface area contributed by atoms with E-state index in [-0.39, 0.29) is 18.0 Å². The second-order valence-electron chi connectivity index (χ2n) is 5.35. The zero-order valence-electron chi connectivity index (χ0n) is 15.4. The molecule has 0 bridgehead atoms. The number of rotatable bonds is 7. The van der Waals surface area contributed by atoms with Crippen LogP contribution in [0.25, 0.3) is 0 Å². The first-order valence-corrected chi connectivity index (χ1v) is 9.55. The molecule has 0 aliphatic carbocycles. The monoisotopic (exact) mass is 403 g/mol. The number of imide groups is 1. The summed E-state index contributed by atoms with van der Waals surface area (Å²) < 4.78 is 45.0. The van der Waals surface area contributed by atoms with Gasteiger partial charge in [-0.1, -0.05) is 13.8 Å². The number of nitrogens with zero attached hydrogens (tertiary/aromatic N) is 1. The summed E-state index contributed by atoms with van der Waals surface area (Å²) in [5.74, 6) is -3.16. The number of amides is 3. The number of benzene rings is 1. The molecule has 1 aromatic carbocycles. The Morgan fingerprint density at radius 3 is 2.33 bits per heavy atom. The Kier molecular flexibility index (Phi) is 7.85. The average molecular weight is 403 g/mol. The highest BCUT2D eigenvalue weighted by molar-refractivity contribution is 7.89. The predicted octanol–water partition coefficient (Wildman–Crippen LogP) is 0.857. The molecule has 0 saturated heterocycles. The van der Waals surface area contributed by atoms with E-state index in [2.05, 4.69) is 5.32 Å². The maximum absolute atomic E-state index is 14.0. The summed E-state index contributed by atoms with van der Waals surface area (Å²) in [4.78, 5) is 34.7. The SMILES string of the molecule is CCN(CC)S(=O)(=O)c1ccc(F)c(C(=O)O[C@H](C)C(=O)NC(=O)NC)c1. The summed E-state index contributed by atoms with van der Waals surface area (Å²) >= 11 is 0. The van der Waals surface area contributed by atoms with Crippen LogP contribution in [0.15, 0.2) is 23.1 Å². The van der Waals surface area contributed by atoms with Crippen molar-refractivity contribution in [1.82, 2.24) is 14.9 Å². The first kappa shape index (κ1) is 22.5. The summed E-state index contributed by atoms with van der Waals surface area (Å²) in [6, 6.07) is 1.93. The summed E-state index contributed by atoms with van der Waals surface area (Å²) in [7, 11) is -2.62.